The zero-order chi connectivity index (χ0) is 51.8. The Morgan fingerprint density at radius 3 is 1.91 bits per heavy atom. The summed E-state index contributed by atoms with van der Waals surface area (Å²) in [6.45, 7) is 6.87. The number of aliphatic carboxylic acids is 1. The summed E-state index contributed by atoms with van der Waals surface area (Å²) < 4.78 is 152. The maximum atomic E-state index is 13.0. The average molecular weight is 1060 g/mol. The van der Waals surface area contributed by atoms with E-state index in [0.29, 0.717) is 99.3 Å². The summed E-state index contributed by atoms with van der Waals surface area (Å²) in [4.78, 5) is 12.7. The molecular weight excluding hydrogens is 997 g/mol. The van der Waals surface area contributed by atoms with Gasteiger partial charge >= 0.3 is 5.97 Å². The molecule has 2 unspecified atom stereocenters. The van der Waals surface area contributed by atoms with E-state index in [2.05, 4.69) is 0 Å². The van der Waals surface area contributed by atoms with Crippen LogP contribution in [0.25, 0.3) is 0 Å². The van der Waals surface area contributed by atoms with Crippen LogP contribution in [0.4, 0.5) is 11.4 Å². The minimum absolute atomic E-state index is 0.00826. The lowest BCUT2D eigenvalue weighted by Crippen LogP contribution is -2.32. The van der Waals surface area contributed by atoms with Crippen molar-refractivity contribution in [3.8, 4) is 0 Å². The predicted molar refractivity (Wildman–Crippen MR) is 261 cm³/mol. The molecule has 0 saturated heterocycles. The Morgan fingerprint density at radius 1 is 0.686 bits per heavy atom. The van der Waals surface area contributed by atoms with E-state index in [9.17, 15) is 52.7 Å². The van der Waals surface area contributed by atoms with Crippen molar-refractivity contribution in [1.29, 1.82) is 0 Å². The summed E-state index contributed by atoms with van der Waals surface area (Å²) >= 11 is 0. The lowest BCUT2D eigenvalue weighted by Gasteiger charge is -2.30. The van der Waals surface area contributed by atoms with Gasteiger partial charge in [-0.2, -0.15) is 38.2 Å². The van der Waals surface area contributed by atoms with Crippen LogP contribution < -0.4 is 4.90 Å². The number of ether oxygens (including phenoxy) is 4. The second kappa shape index (κ2) is 26.2. The zero-order valence-corrected chi connectivity index (χ0v) is 43.5. The molecule has 20 nitrogen and oxygen atoms in total. The van der Waals surface area contributed by atoms with Crippen molar-refractivity contribution in [1.82, 2.24) is 0 Å². The summed E-state index contributed by atoms with van der Waals surface area (Å²) in [6.07, 6.45) is 10.9. The van der Waals surface area contributed by atoms with Gasteiger partial charge in [0.25, 0.3) is 40.5 Å². The number of benzene rings is 2. The molecule has 0 radical (unpaired) electrons. The first kappa shape index (κ1) is 58.6. The molecule has 4 rings (SSSR count). The number of carbonyl (C=O) groups is 1. The van der Waals surface area contributed by atoms with Gasteiger partial charge in [0.15, 0.2) is 5.71 Å². The summed E-state index contributed by atoms with van der Waals surface area (Å²) in [5.41, 5.74) is 1.70. The fraction of sp³-hybridized carbons (Fsp3) is 0.565. The van der Waals surface area contributed by atoms with Crippen LogP contribution in [0.1, 0.15) is 76.3 Å². The van der Waals surface area contributed by atoms with Crippen molar-refractivity contribution in [3.63, 3.8) is 0 Å². The largest absolute Gasteiger partial charge is 0.481 e. The Balaban J connectivity index is 1.77. The van der Waals surface area contributed by atoms with Crippen LogP contribution in [-0.4, -0.2) is 156 Å². The third kappa shape index (κ3) is 16.3. The van der Waals surface area contributed by atoms with E-state index >= 15 is 0 Å². The monoisotopic (exact) mass is 1060 g/mol. The minimum Gasteiger partial charge on any atom is -0.481 e. The van der Waals surface area contributed by atoms with Crippen molar-refractivity contribution in [3.05, 3.63) is 83.6 Å². The van der Waals surface area contributed by atoms with Crippen LogP contribution in [0.5, 0.6) is 0 Å². The summed E-state index contributed by atoms with van der Waals surface area (Å²) in [5, 5.41) is 9.19. The van der Waals surface area contributed by atoms with Gasteiger partial charge in [0.2, 0.25) is 5.69 Å². The SMILES string of the molecule is COCCOCCOCCOCCN1/C(=C/C=C/C=C/C2=[N+](CCCCCC(=O)O)c3ccc(S(=O)(=O)O)cc3C2(C)CCCS(=O)(=O)O)C(C)(CCCS(=O)(=O)OC)c2cc(S(=O)(=O)OC)ccc21. The second-order valence-electron chi connectivity index (χ2n) is 17.1. The Bertz CT molecular complexity index is 2700. The van der Waals surface area contributed by atoms with Gasteiger partial charge in [-0.15, -0.1) is 0 Å². The molecule has 2 aliphatic heterocycles. The number of unbranched alkanes of at least 4 members (excludes halogenated alkanes) is 2. The lowest BCUT2D eigenvalue weighted by molar-refractivity contribution is -0.438. The minimum atomic E-state index is -4.65. The molecule has 3 N–H and O–H groups in total. The highest BCUT2D eigenvalue weighted by atomic mass is 32.2. The molecule has 0 aliphatic carbocycles. The average Bonchev–Trinajstić information content (AvgIpc) is 3.66. The summed E-state index contributed by atoms with van der Waals surface area (Å²) in [6, 6.07) is 8.81. The van der Waals surface area contributed by atoms with Gasteiger partial charge in [0.1, 0.15) is 6.54 Å². The smallest absolute Gasteiger partial charge is 0.303 e. The number of methoxy groups -OCH3 is 1. The molecule has 0 aromatic heterocycles. The zero-order valence-electron chi connectivity index (χ0n) is 40.3. The molecule has 2 atom stereocenters. The van der Waals surface area contributed by atoms with E-state index < -0.39 is 63.0 Å². The van der Waals surface area contributed by atoms with Crippen molar-refractivity contribution >= 4 is 63.5 Å². The Kier molecular flexibility index (Phi) is 21.9. The fourth-order valence-corrected chi connectivity index (χ4v) is 11.1. The second-order valence-corrected chi connectivity index (χ2v) is 23.6. The van der Waals surface area contributed by atoms with Gasteiger partial charge in [-0.1, -0.05) is 18.2 Å². The van der Waals surface area contributed by atoms with Gasteiger partial charge in [-0.3, -0.25) is 22.3 Å². The van der Waals surface area contributed by atoms with Gasteiger partial charge in [-0.05, 0) is 94.3 Å². The first-order valence-corrected chi connectivity index (χ1v) is 28.7. The molecule has 2 aromatic rings. The quantitative estimate of drug-likeness (QED) is 0.0274. The summed E-state index contributed by atoms with van der Waals surface area (Å²) in [7, 11) is -13.3. The third-order valence-electron chi connectivity index (χ3n) is 12.3. The number of fused-ring (bicyclic) bond motifs is 2. The van der Waals surface area contributed by atoms with Crippen LogP contribution in [0, 0.1) is 0 Å². The Morgan fingerprint density at radius 2 is 1.30 bits per heavy atom. The van der Waals surface area contributed by atoms with Crippen molar-refractivity contribution in [2.24, 2.45) is 0 Å². The molecule has 392 valence electrons. The first-order valence-electron chi connectivity index (χ1n) is 22.7. The number of allylic oxidation sites excluding steroid dienone is 6. The molecule has 0 amide bonds. The van der Waals surface area contributed by atoms with Gasteiger partial charge in [0.05, 0.1) is 87.2 Å². The van der Waals surface area contributed by atoms with Gasteiger partial charge in [0, 0.05) is 61.0 Å². The molecule has 70 heavy (non-hydrogen) atoms. The maximum Gasteiger partial charge on any atom is 0.303 e. The lowest BCUT2D eigenvalue weighted by atomic mass is 9.76. The molecule has 2 aromatic carbocycles. The molecule has 0 spiro atoms. The molecule has 24 heteroatoms. The summed E-state index contributed by atoms with van der Waals surface area (Å²) in [5.74, 6) is -1.79. The van der Waals surface area contributed by atoms with Crippen LogP contribution in [0.2, 0.25) is 0 Å². The molecule has 0 saturated carbocycles. The van der Waals surface area contributed by atoms with E-state index in [1.54, 1.807) is 43.5 Å². The predicted octanol–water partition coefficient (Wildman–Crippen LogP) is 5.16. The normalized spacial score (nSPS) is 19.3. The van der Waals surface area contributed by atoms with E-state index in [1.165, 1.54) is 24.3 Å². The number of rotatable bonds is 33. The third-order valence-corrected chi connectivity index (χ3v) is 16.5. The highest BCUT2D eigenvalue weighted by molar-refractivity contribution is 7.87. The van der Waals surface area contributed by atoms with Gasteiger partial charge < -0.3 is 29.0 Å². The Hall–Kier alpha value is -3.92. The van der Waals surface area contributed by atoms with E-state index in [0.717, 1.165) is 14.2 Å². The topological polar surface area (TPSA) is 276 Å². The van der Waals surface area contributed by atoms with Crippen LogP contribution in [-0.2, 0) is 83.4 Å². The van der Waals surface area contributed by atoms with E-state index in [-0.39, 0.29) is 60.9 Å². The number of anilines is 1. The fourth-order valence-electron chi connectivity index (χ4n) is 8.70. The van der Waals surface area contributed by atoms with Crippen LogP contribution in [0.15, 0.2) is 82.3 Å². The van der Waals surface area contributed by atoms with Crippen molar-refractivity contribution < 1.29 is 84.6 Å². The standard InChI is InChI=1S/C46H66N2O18S4/c1-45(21-12-32-67(51,52)53)38-34-36(69(56,57)58)17-19-40(38)47(23-11-7-10-16-44(49)50)42(45)14-8-6-9-15-43-46(2,22-13-33-68(54,55)62-4)39-35-37(70(59,60)63-5)18-20-41(39)48(43)24-25-64-28-29-66-31-30-65-27-26-61-3/h6,8-9,14-15,17-20,34-35H,7,10-13,16,21-33H2,1-5H3,(H2-,49,50,51,52,53,56,57,58)/p+1. The maximum absolute atomic E-state index is 13.0. The Labute approximate surface area is 412 Å². The van der Waals surface area contributed by atoms with Crippen molar-refractivity contribution in [2.75, 3.05) is 97.1 Å². The van der Waals surface area contributed by atoms with E-state index in [1.807, 2.05) is 29.4 Å². The number of carboxylic acid groups (broad SMARTS) is 1. The highest BCUT2D eigenvalue weighted by Crippen LogP contribution is 2.51. The first-order chi connectivity index (χ1) is 32.9. The number of nitrogens with zero attached hydrogens (tertiary/aromatic N) is 2. The molecule has 0 fully saturated rings. The molecular formula is C46H67N2O18S4+. The number of hydrogen-bond acceptors (Lipinski definition) is 16. The van der Waals surface area contributed by atoms with Crippen LogP contribution in [0.3, 0.4) is 0 Å². The molecule has 2 heterocycles. The number of hydrogen-bond donors (Lipinski definition) is 3. The highest BCUT2D eigenvalue weighted by Gasteiger charge is 2.48. The molecule has 0 bridgehead atoms. The van der Waals surface area contributed by atoms with Gasteiger partial charge in [-0.25, -0.2) is 0 Å². The van der Waals surface area contributed by atoms with Crippen LogP contribution >= 0.6 is 0 Å². The molecule has 2 aliphatic rings. The number of carboxylic acids is 1. The van der Waals surface area contributed by atoms with Crippen molar-refractivity contribution in [2.45, 2.75) is 85.8 Å². The van der Waals surface area contributed by atoms with E-state index in [4.69, 9.17) is 27.3 Å².